The number of aryl methyl sites for hydroxylation is 2. The quantitative estimate of drug-likeness (QED) is 0.876. The van der Waals surface area contributed by atoms with Crippen LogP contribution < -0.4 is 0 Å². The lowest BCUT2D eigenvalue weighted by molar-refractivity contribution is -0.137. The van der Waals surface area contributed by atoms with E-state index in [1.807, 2.05) is 24.3 Å². The van der Waals surface area contributed by atoms with E-state index in [-0.39, 0.29) is 12.8 Å². The molecule has 94 valence electrons. The Morgan fingerprint density at radius 1 is 1.33 bits per heavy atom. The van der Waals surface area contributed by atoms with Crippen LogP contribution in [0.3, 0.4) is 0 Å². The Morgan fingerprint density at radius 3 is 2.83 bits per heavy atom. The number of hydrogen-bond donors (Lipinski definition) is 1. The third kappa shape index (κ3) is 2.74. The Bertz CT molecular complexity index is 549. The van der Waals surface area contributed by atoms with Gasteiger partial charge in [-0.15, -0.1) is 10.2 Å². The largest absolute Gasteiger partial charge is 0.481 e. The van der Waals surface area contributed by atoms with Crippen LogP contribution in [0.25, 0.3) is 11.5 Å². The summed E-state index contributed by atoms with van der Waals surface area (Å²) in [5.74, 6) is -0.0603. The Kier molecular flexibility index (Phi) is 3.72. The second kappa shape index (κ2) is 5.44. The van der Waals surface area contributed by atoms with E-state index in [0.29, 0.717) is 11.8 Å². The summed E-state index contributed by atoms with van der Waals surface area (Å²) in [6.45, 7) is 2.06. The number of rotatable bonds is 5. The number of carboxylic acid groups (broad SMARTS) is 1. The van der Waals surface area contributed by atoms with Crippen LogP contribution in [0.4, 0.5) is 0 Å². The van der Waals surface area contributed by atoms with Crippen LogP contribution in [-0.4, -0.2) is 21.3 Å². The summed E-state index contributed by atoms with van der Waals surface area (Å²) in [6.07, 6.45) is 1.14. The molecule has 0 saturated carbocycles. The minimum absolute atomic E-state index is 0.00292. The normalized spacial score (nSPS) is 10.5. The van der Waals surface area contributed by atoms with E-state index in [9.17, 15) is 4.79 Å². The van der Waals surface area contributed by atoms with E-state index >= 15 is 0 Å². The monoisotopic (exact) mass is 246 g/mol. The molecule has 2 aromatic rings. The van der Waals surface area contributed by atoms with Crippen LogP contribution in [-0.2, 0) is 17.6 Å². The van der Waals surface area contributed by atoms with Crippen molar-refractivity contribution in [2.45, 2.75) is 26.2 Å². The van der Waals surface area contributed by atoms with Gasteiger partial charge in [-0.25, -0.2) is 0 Å². The van der Waals surface area contributed by atoms with Crippen LogP contribution in [0.5, 0.6) is 0 Å². The average molecular weight is 246 g/mol. The van der Waals surface area contributed by atoms with Crippen molar-refractivity contribution >= 4 is 5.97 Å². The molecule has 0 aliphatic rings. The first kappa shape index (κ1) is 12.3. The van der Waals surface area contributed by atoms with E-state index in [1.165, 1.54) is 0 Å². The summed E-state index contributed by atoms with van der Waals surface area (Å²) in [5, 5.41) is 16.4. The highest BCUT2D eigenvalue weighted by atomic mass is 16.4. The molecule has 0 spiro atoms. The first-order valence-corrected chi connectivity index (χ1v) is 5.83. The summed E-state index contributed by atoms with van der Waals surface area (Å²) in [6, 6.07) is 7.81. The average Bonchev–Trinajstić information content (AvgIpc) is 2.85. The van der Waals surface area contributed by atoms with Gasteiger partial charge in [0.05, 0.1) is 6.42 Å². The van der Waals surface area contributed by atoms with Crippen molar-refractivity contribution < 1.29 is 14.3 Å². The van der Waals surface area contributed by atoms with Crippen molar-refractivity contribution in [2.24, 2.45) is 0 Å². The van der Waals surface area contributed by atoms with Crippen molar-refractivity contribution in [3.8, 4) is 11.5 Å². The maximum absolute atomic E-state index is 10.5. The molecule has 1 aromatic carbocycles. The number of carboxylic acids is 1. The van der Waals surface area contributed by atoms with E-state index < -0.39 is 5.97 Å². The summed E-state index contributed by atoms with van der Waals surface area (Å²) >= 11 is 0. The van der Waals surface area contributed by atoms with Gasteiger partial charge in [-0.2, -0.15) is 0 Å². The highest BCUT2D eigenvalue weighted by Gasteiger charge is 2.12. The molecule has 0 fully saturated rings. The third-order valence-corrected chi connectivity index (χ3v) is 2.65. The van der Waals surface area contributed by atoms with Crippen molar-refractivity contribution in [3.05, 3.63) is 35.7 Å². The first-order valence-electron chi connectivity index (χ1n) is 5.83. The van der Waals surface area contributed by atoms with Gasteiger partial charge in [0.25, 0.3) is 0 Å². The molecule has 0 saturated heterocycles. The van der Waals surface area contributed by atoms with E-state index in [0.717, 1.165) is 17.5 Å². The highest BCUT2D eigenvalue weighted by Crippen LogP contribution is 2.22. The minimum Gasteiger partial charge on any atom is -0.481 e. The van der Waals surface area contributed by atoms with Crippen LogP contribution >= 0.6 is 0 Å². The van der Waals surface area contributed by atoms with Gasteiger partial charge in [-0.3, -0.25) is 4.79 Å². The van der Waals surface area contributed by atoms with Crippen LogP contribution in [0, 0.1) is 0 Å². The lowest BCUT2D eigenvalue weighted by Crippen LogP contribution is -1.97. The zero-order valence-corrected chi connectivity index (χ0v) is 10.1. The standard InChI is InChI=1S/C13H14N2O3/c1-2-9-5-3-4-6-10(9)13-15-14-11(18-13)7-8-12(16)17/h3-6H,2,7-8H2,1H3,(H,16,17). The lowest BCUT2D eigenvalue weighted by Gasteiger charge is -2.01. The fourth-order valence-corrected chi connectivity index (χ4v) is 1.71. The van der Waals surface area contributed by atoms with Crippen LogP contribution in [0.2, 0.25) is 0 Å². The van der Waals surface area contributed by atoms with Crippen molar-refractivity contribution in [2.75, 3.05) is 0 Å². The Hall–Kier alpha value is -2.17. The van der Waals surface area contributed by atoms with Gasteiger partial charge in [0.15, 0.2) is 0 Å². The van der Waals surface area contributed by atoms with E-state index in [1.54, 1.807) is 0 Å². The van der Waals surface area contributed by atoms with Gasteiger partial charge in [0.2, 0.25) is 11.8 Å². The fraction of sp³-hybridized carbons (Fsp3) is 0.308. The molecule has 0 amide bonds. The van der Waals surface area contributed by atoms with Crippen LogP contribution in [0.15, 0.2) is 28.7 Å². The third-order valence-electron chi connectivity index (χ3n) is 2.65. The van der Waals surface area contributed by atoms with E-state index in [2.05, 4.69) is 17.1 Å². The van der Waals surface area contributed by atoms with Gasteiger partial charge >= 0.3 is 5.97 Å². The zero-order chi connectivity index (χ0) is 13.0. The first-order chi connectivity index (χ1) is 8.70. The van der Waals surface area contributed by atoms with Crippen molar-refractivity contribution in [3.63, 3.8) is 0 Å². The molecule has 0 atom stereocenters. The number of benzene rings is 1. The topological polar surface area (TPSA) is 76.2 Å². The molecule has 5 nitrogen and oxygen atoms in total. The number of aromatic nitrogens is 2. The minimum atomic E-state index is -0.872. The smallest absolute Gasteiger partial charge is 0.303 e. The van der Waals surface area contributed by atoms with Gasteiger partial charge < -0.3 is 9.52 Å². The maximum Gasteiger partial charge on any atom is 0.303 e. The predicted octanol–water partition coefficient (Wildman–Crippen LogP) is 2.32. The molecule has 2 rings (SSSR count). The van der Waals surface area contributed by atoms with Gasteiger partial charge in [0, 0.05) is 12.0 Å². The second-order valence-corrected chi connectivity index (χ2v) is 3.91. The summed E-state index contributed by atoms with van der Waals surface area (Å²) < 4.78 is 5.48. The number of aliphatic carboxylic acids is 1. The SMILES string of the molecule is CCc1ccccc1-c1nnc(CCC(=O)O)o1. The van der Waals surface area contributed by atoms with Gasteiger partial charge in [-0.05, 0) is 18.1 Å². The summed E-state index contributed by atoms with van der Waals surface area (Å²) in [5.41, 5.74) is 2.04. The van der Waals surface area contributed by atoms with Gasteiger partial charge in [-0.1, -0.05) is 25.1 Å². The zero-order valence-electron chi connectivity index (χ0n) is 10.1. The van der Waals surface area contributed by atoms with Crippen LogP contribution in [0.1, 0.15) is 24.8 Å². The Morgan fingerprint density at radius 2 is 2.11 bits per heavy atom. The van der Waals surface area contributed by atoms with Gasteiger partial charge in [0.1, 0.15) is 0 Å². The maximum atomic E-state index is 10.5. The molecule has 0 unspecified atom stereocenters. The summed E-state index contributed by atoms with van der Waals surface area (Å²) in [7, 11) is 0. The van der Waals surface area contributed by atoms with Crippen molar-refractivity contribution in [1.29, 1.82) is 0 Å². The fourth-order valence-electron chi connectivity index (χ4n) is 1.71. The second-order valence-electron chi connectivity index (χ2n) is 3.91. The molecule has 18 heavy (non-hydrogen) atoms. The molecule has 1 N–H and O–H groups in total. The highest BCUT2D eigenvalue weighted by molar-refractivity contribution is 5.66. The summed E-state index contributed by atoms with van der Waals surface area (Å²) in [4.78, 5) is 10.5. The molecule has 0 radical (unpaired) electrons. The number of nitrogens with zero attached hydrogens (tertiary/aromatic N) is 2. The van der Waals surface area contributed by atoms with Crippen molar-refractivity contribution in [1.82, 2.24) is 10.2 Å². The van der Waals surface area contributed by atoms with E-state index in [4.69, 9.17) is 9.52 Å². The molecular formula is C13H14N2O3. The number of carbonyl (C=O) groups is 1. The molecular weight excluding hydrogens is 232 g/mol. The molecule has 0 aliphatic carbocycles. The lowest BCUT2D eigenvalue weighted by atomic mass is 10.1. The predicted molar refractivity (Wildman–Crippen MR) is 65.1 cm³/mol. The Balaban J connectivity index is 2.21. The molecule has 0 bridgehead atoms. The molecule has 1 heterocycles. The molecule has 5 heteroatoms. The number of hydrogen-bond acceptors (Lipinski definition) is 4. The molecule has 1 aromatic heterocycles. The Labute approximate surface area is 104 Å². The molecule has 0 aliphatic heterocycles.